The van der Waals surface area contributed by atoms with Crippen molar-refractivity contribution in [2.45, 2.75) is 40.2 Å². The number of carbonyl (C=O) groups excluding carboxylic acids is 1. The van der Waals surface area contributed by atoms with E-state index in [2.05, 4.69) is 29.3 Å². The summed E-state index contributed by atoms with van der Waals surface area (Å²) in [7, 11) is 0. The van der Waals surface area contributed by atoms with Gasteiger partial charge in [0.25, 0.3) is 5.91 Å². The summed E-state index contributed by atoms with van der Waals surface area (Å²) in [5.41, 5.74) is 3.76. The molecule has 140 valence electrons. The fraction of sp³-hybridized carbons (Fsp3) is 0.318. The molecule has 1 aromatic heterocycles. The summed E-state index contributed by atoms with van der Waals surface area (Å²) < 4.78 is 5.52. The van der Waals surface area contributed by atoms with Crippen molar-refractivity contribution in [2.75, 3.05) is 0 Å². The lowest BCUT2D eigenvalue weighted by Crippen LogP contribution is -2.32. The lowest BCUT2D eigenvalue weighted by atomic mass is 9.98. The second kappa shape index (κ2) is 8.16. The molecule has 0 spiro atoms. The zero-order chi connectivity index (χ0) is 19.4. The summed E-state index contributed by atoms with van der Waals surface area (Å²) in [6.07, 6.45) is 0.876. The highest BCUT2D eigenvalue weighted by Gasteiger charge is 2.27. The standard InChI is InChI=1S/C22H25N3O2/c1-5-16(4)19(23-21(26)17-11-9-14(2)10-12-17)22-24-20(25-27-22)18-8-6-7-15(3)13-18/h6-13,16,19H,5H2,1-4H3,(H,23,26)/t16-,19-/m1/s1. The van der Waals surface area contributed by atoms with Crippen LogP contribution in [0.15, 0.2) is 53.1 Å². The number of nitrogens with zero attached hydrogens (tertiary/aromatic N) is 2. The zero-order valence-electron chi connectivity index (χ0n) is 16.2. The SMILES string of the molecule is CC[C@@H](C)[C@@H](NC(=O)c1ccc(C)cc1)c1nc(-c2cccc(C)c2)no1. The minimum atomic E-state index is -0.338. The molecule has 0 radical (unpaired) electrons. The molecule has 1 heterocycles. The third kappa shape index (κ3) is 4.42. The monoisotopic (exact) mass is 363 g/mol. The molecule has 1 amide bonds. The molecule has 3 rings (SSSR count). The Hall–Kier alpha value is -2.95. The van der Waals surface area contributed by atoms with Crippen LogP contribution in [0.2, 0.25) is 0 Å². The summed E-state index contributed by atoms with van der Waals surface area (Å²) >= 11 is 0. The predicted octanol–water partition coefficient (Wildman–Crippen LogP) is 4.87. The Bertz CT molecular complexity index is 915. The highest BCUT2D eigenvalue weighted by atomic mass is 16.5. The Balaban J connectivity index is 1.85. The minimum Gasteiger partial charge on any atom is -0.340 e. The zero-order valence-corrected chi connectivity index (χ0v) is 16.2. The summed E-state index contributed by atoms with van der Waals surface area (Å²) in [4.78, 5) is 17.2. The number of aryl methyl sites for hydroxylation is 2. The molecule has 0 saturated heterocycles. The molecule has 1 N–H and O–H groups in total. The Morgan fingerprint density at radius 3 is 2.52 bits per heavy atom. The van der Waals surface area contributed by atoms with E-state index in [1.807, 2.05) is 62.4 Å². The molecular weight excluding hydrogens is 338 g/mol. The highest BCUT2D eigenvalue weighted by molar-refractivity contribution is 5.94. The molecule has 2 atom stereocenters. The number of amides is 1. The molecule has 0 aliphatic heterocycles. The molecule has 5 nitrogen and oxygen atoms in total. The van der Waals surface area contributed by atoms with Gasteiger partial charge in [-0.05, 0) is 38.0 Å². The van der Waals surface area contributed by atoms with Crippen molar-refractivity contribution >= 4 is 5.91 Å². The first kappa shape index (κ1) is 18.8. The average molecular weight is 363 g/mol. The normalized spacial score (nSPS) is 13.2. The smallest absolute Gasteiger partial charge is 0.251 e. The number of carbonyl (C=O) groups is 1. The maximum atomic E-state index is 12.7. The van der Waals surface area contributed by atoms with Crippen LogP contribution in [0.25, 0.3) is 11.4 Å². The average Bonchev–Trinajstić information content (AvgIpc) is 3.15. The maximum absolute atomic E-state index is 12.7. The lowest BCUT2D eigenvalue weighted by Gasteiger charge is -2.20. The molecule has 0 aliphatic rings. The van der Waals surface area contributed by atoms with Crippen molar-refractivity contribution < 1.29 is 9.32 Å². The van der Waals surface area contributed by atoms with E-state index < -0.39 is 0 Å². The van der Waals surface area contributed by atoms with Crippen molar-refractivity contribution in [3.05, 3.63) is 71.1 Å². The quantitative estimate of drug-likeness (QED) is 0.678. The molecule has 0 unspecified atom stereocenters. The van der Waals surface area contributed by atoms with E-state index >= 15 is 0 Å². The van der Waals surface area contributed by atoms with Crippen LogP contribution in [-0.2, 0) is 0 Å². The van der Waals surface area contributed by atoms with Crippen molar-refractivity contribution in [3.8, 4) is 11.4 Å². The Labute approximate surface area is 159 Å². The van der Waals surface area contributed by atoms with Gasteiger partial charge >= 0.3 is 0 Å². The second-order valence-electron chi connectivity index (χ2n) is 7.03. The van der Waals surface area contributed by atoms with Gasteiger partial charge in [0, 0.05) is 11.1 Å². The first-order valence-corrected chi connectivity index (χ1v) is 9.26. The summed E-state index contributed by atoms with van der Waals surface area (Å²) in [5, 5.41) is 7.18. The van der Waals surface area contributed by atoms with E-state index in [1.165, 1.54) is 0 Å². The van der Waals surface area contributed by atoms with Crippen LogP contribution in [0.4, 0.5) is 0 Å². The van der Waals surface area contributed by atoms with E-state index in [-0.39, 0.29) is 17.9 Å². The molecule has 0 saturated carbocycles. The first-order valence-electron chi connectivity index (χ1n) is 9.26. The summed E-state index contributed by atoms with van der Waals surface area (Å²) in [5.74, 6) is 0.980. The number of rotatable bonds is 6. The molecule has 0 aliphatic carbocycles. The predicted molar refractivity (Wildman–Crippen MR) is 105 cm³/mol. The number of nitrogens with one attached hydrogen (secondary N) is 1. The third-order valence-electron chi connectivity index (χ3n) is 4.80. The van der Waals surface area contributed by atoms with Crippen LogP contribution in [0.5, 0.6) is 0 Å². The van der Waals surface area contributed by atoms with E-state index in [4.69, 9.17) is 4.52 Å². The van der Waals surface area contributed by atoms with Gasteiger partial charge in [-0.15, -0.1) is 0 Å². The van der Waals surface area contributed by atoms with E-state index in [1.54, 1.807) is 0 Å². The van der Waals surface area contributed by atoms with Crippen molar-refractivity contribution in [1.82, 2.24) is 15.5 Å². The summed E-state index contributed by atoms with van der Waals surface area (Å²) in [6.45, 7) is 8.16. The number of hydrogen-bond acceptors (Lipinski definition) is 4. The molecule has 0 bridgehead atoms. The molecule has 0 fully saturated rings. The van der Waals surface area contributed by atoms with Gasteiger partial charge in [-0.3, -0.25) is 4.79 Å². The van der Waals surface area contributed by atoms with Crippen LogP contribution in [-0.4, -0.2) is 16.0 Å². The van der Waals surface area contributed by atoms with Gasteiger partial charge in [0.2, 0.25) is 11.7 Å². The van der Waals surface area contributed by atoms with Crippen molar-refractivity contribution in [2.24, 2.45) is 5.92 Å². The fourth-order valence-corrected chi connectivity index (χ4v) is 2.88. The number of hydrogen-bond donors (Lipinski definition) is 1. The second-order valence-corrected chi connectivity index (χ2v) is 7.03. The van der Waals surface area contributed by atoms with Gasteiger partial charge in [-0.25, -0.2) is 0 Å². The molecule has 27 heavy (non-hydrogen) atoms. The van der Waals surface area contributed by atoms with Gasteiger partial charge < -0.3 is 9.84 Å². The van der Waals surface area contributed by atoms with E-state index in [0.29, 0.717) is 17.3 Å². The van der Waals surface area contributed by atoms with Crippen LogP contribution in [0.1, 0.15) is 53.7 Å². The van der Waals surface area contributed by atoms with E-state index in [0.717, 1.165) is 23.1 Å². The third-order valence-corrected chi connectivity index (χ3v) is 4.80. The van der Waals surface area contributed by atoms with Crippen LogP contribution in [0, 0.1) is 19.8 Å². The van der Waals surface area contributed by atoms with Gasteiger partial charge in [-0.2, -0.15) is 4.98 Å². The largest absolute Gasteiger partial charge is 0.340 e. The fourth-order valence-electron chi connectivity index (χ4n) is 2.88. The van der Waals surface area contributed by atoms with Gasteiger partial charge in [0.1, 0.15) is 6.04 Å². The molecule has 2 aromatic carbocycles. The summed E-state index contributed by atoms with van der Waals surface area (Å²) in [6, 6.07) is 15.1. The Morgan fingerprint density at radius 2 is 1.85 bits per heavy atom. The van der Waals surface area contributed by atoms with Crippen LogP contribution < -0.4 is 5.32 Å². The molecular formula is C22H25N3O2. The van der Waals surface area contributed by atoms with Crippen molar-refractivity contribution in [3.63, 3.8) is 0 Å². The topological polar surface area (TPSA) is 68.0 Å². The number of benzene rings is 2. The molecule has 3 aromatic rings. The maximum Gasteiger partial charge on any atom is 0.251 e. The van der Waals surface area contributed by atoms with Crippen molar-refractivity contribution in [1.29, 1.82) is 0 Å². The van der Waals surface area contributed by atoms with Gasteiger partial charge in [-0.1, -0.05) is 66.9 Å². The lowest BCUT2D eigenvalue weighted by molar-refractivity contribution is 0.0910. The highest BCUT2D eigenvalue weighted by Crippen LogP contribution is 2.26. The first-order chi connectivity index (χ1) is 13.0. The molecule has 5 heteroatoms. The van der Waals surface area contributed by atoms with Crippen LogP contribution in [0.3, 0.4) is 0 Å². The Morgan fingerprint density at radius 1 is 1.11 bits per heavy atom. The Kier molecular flexibility index (Phi) is 5.69. The van der Waals surface area contributed by atoms with Gasteiger partial charge in [0.15, 0.2) is 0 Å². The number of aromatic nitrogens is 2. The van der Waals surface area contributed by atoms with Gasteiger partial charge in [0.05, 0.1) is 0 Å². The van der Waals surface area contributed by atoms with E-state index in [9.17, 15) is 4.79 Å². The van der Waals surface area contributed by atoms with Crippen LogP contribution >= 0.6 is 0 Å². The minimum absolute atomic E-state index is 0.143.